The maximum Gasteiger partial charge on any atom is 0.255 e. The molecule has 1 fully saturated rings. The number of nitrogens with two attached hydrogens (primary N) is 2. The summed E-state index contributed by atoms with van der Waals surface area (Å²) < 4.78 is 32.8. The van der Waals surface area contributed by atoms with Gasteiger partial charge in [-0.15, -0.1) is 0 Å². The minimum atomic E-state index is -3.87. The highest BCUT2D eigenvalue weighted by molar-refractivity contribution is 7.89. The second kappa shape index (κ2) is 6.82. The topological polar surface area (TPSA) is 125 Å². The van der Waals surface area contributed by atoms with E-state index in [1.807, 2.05) is 0 Å². The van der Waals surface area contributed by atoms with E-state index in [-0.39, 0.29) is 34.2 Å². The van der Waals surface area contributed by atoms with Crippen molar-refractivity contribution in [1.29, 1.82) is 0 Å². The lowest BCUT2D eigenvalue weighted by Gasteiger charge is -2.18. The van der Waals surface area contributed by atoms with Gasteiger partial charge in [0.1, 0.15) is 10.6 Å². The monoisotopic (exact) mass is 347 g/mol. The van der Waals surface area contributed by atoms with Gasteiger partial charge < -0.3 is 16.2 Å². The Morgan fingerprint density at radius 3 is 2.68 bits per heavy atom. The average molecular weight is 348 g/mol. The molecule has 5 N–H and O–H groups in total. The Kier molecular flexibility index (Phi) is 5.28. The molecule has 22 heavy (non-hydrogen) atoms. The molecular weight excluding hydrogens is 330 g/mol. The molecule has 1 aliphatic carbocycles. The molecule has 1 aromatic carbocycles. The summed E-state index contributed by atoms with van der Waals surface area (Å²) >= 11 is 5.87. The fourth-order valence-corrected chi connectivity index (χ4v) is 3.78. The predicted molar refractivity (Wildman–Crippen MR) is 82.0 cm³/mol. The quantitative estimate of drug-likeness (QED) is 0.620. The minimum Gasteiger partial charge on any atom is -0.482 e. The van der Waals surface area contributed by atoms with Gasteiger partial charge in [-0.2, -0.15) is 0 Å². The maximum absolute atomic E-state index is 12.5. The van der Waals surface area contributed by atoms with E-state index < -0.39 is 22.5 Å². The van der Waals surface area contributed by atoms with Gasteiger partial charge in [-0.1, -0.05) is 11.6 Å². The summed E-state index contributed by atoms with van der Waals surface area (Å²) in [5.74, 6) is -0.430. The molecule has 7 nitrogen and oxygen atoms in total. The van der Waals surface area contributed by atoms with Crippen LogP contribution in [0.1, 0.15) is 12.8 Å². The largest absolute Gasteiger partial charge is 0.482 e. The molecule has 0 aliphatic heterocycles. The van der Waals surface area contributed by atoms with E-state index in [4.69, 9.17) is 27.8 Å². The van der Waals surface area contributed by atoms with Crippen LogP contribution in [0.5, 0.6) is 5.75 Å². The van der Waals surface area contributed by atoms with Crippen molar-refractivity contribution in [3.05, 3.63) is 23.2 Å². The SMILES string of the molecule is NCC(NS(=O)(=O)c1cc(Cl)ccc1OCC(N)=O)C1CC1. The first-order valence-corrected chi connectivity index (χ1v) is 8.62. The lowest BCUT2D eigenvalue weighted by atomic mass is 10.2. The number of rotatable bonds is 8. The Labute approximate surface area is 134 Å². The molecule has 2 rings (SSSR count). The normalized spacial score (nSPS) is 16.3. The van der Waals surface area contributed by atoms with Gasteiger partial charge in [0.05, 0.1) is 0 Å². The Balaban J connectivity index is 2.27. The smallest absolute Gasteiger partial charge is 0.255 e. The van der Waals surface area contributed by atoms with E-state index in [9.17, 15) is 13.2 Å². The van der Waals surface area contributed by atoms with Crippen LogP contribution in [0.15, 0.2) is 23.1 Å². The number of carbonyl (C=O) groups is 1. The van der Waals surface area contributed by atoms with Gasteiger partial charge in [-0.3, -0.25) is 4.79 Å². The summed E-state index contributed by atoms with van der Waals surface area (Å²) in [7, 11) is -3.87. The molecule has 0 radical (unpaired) electrons. The summed E-state index contributed by atoms with van der Waals surface area (Å²) in [5, 5.41) is 0.238. The molecular formula is C13H18ClN3O4S. The van der Waals surface area contributed by atoms with E-state index in [0.717, 1.165) is 12.8 Å². The van der Waals surface area contributed by atoms with Crippen LogP contribution in [0.2, 0.25) is 5.02 Å². The van der Waals surface area contributed by atoms with Gasteiger partial charge in [-0.25, -0.2) is 13.1 Å². The fourth-order valence-electron chi connectivity index (χ4n) is 2.06. The van der Waals surface area contributed by atoms with Crippen molar-refractivity contribution in [3.8, 4) is 5.75 Å². The summed E-state index contributed by atoms with van der Waals surface area (Å²) in [4.78, 5) is 10.7. The van der Waals surface area contributed by atoms with Crippen LogP contribution in [-0.4, -0.2) is 33.5 Å². The van der Waals surface area contributed by atoms with E-state index in [1.165, 1.54) is 18.2 Å². The van der Waals surface area contributed by atoms with Crippen LogP contribution < -0.4 is 20.9 Å². The van der Waals surface area contributed by atoms with Gasteiger partial charge >= 0.3 is 0 Å². The van der Waals surface area contributed by atoms with Gasteiger partial charge in [0, 0.05) is 17.6 Å². The molecule has 1 aliphatic rings. The second-order valence-corrected chi connectivity index (χ2v) is 7.27. The van der Waals surface area contributed by atoms with E-state index >= 15 is 0 Å². The third kappa shape index (κ3) is 4.33. The van der Waals surface area contributed by atoms with Crippen molar-refractivity contribution < 1.29 is 17.9 Å². The number of primary amides is 1. The highest BCUT2D eigenvalue weighted by atomic mass is 35.5. The lowest BCUT2D eigenvalue weighted by Crippen LogP contribution is -2.41. The molecule has 0 spiro atoms. The Morgan fingerprint density at radius 1 is 1.45 bits per heavy atom. The number of hydrogen-bond acceptors (Lipinski definition) is 5. The molecule has 1 amide bonds. The molecule has 0 bridgehead atoms. The standard InChI is InChI=1S/C13H18ClN3O4S/c14-9-3-4-11(21-7-13(16)18)12(5-9)22(19,20)17-10(6-15)8-1-2-8/h3-5,8,10,17H,1-2,6-7,15H2,(H2,16,18). The molecule has 0 saturated heterocycles. The van der Waals surface area contributed by atoms with Crippen molar-refractivity contribution in [1.82, 2.24) is 4.72 Å². The first-order chi connectivity index (χ1) is 10.3. The number of hydrogen-bond donors (Lipinski definition) is 3. The number of ether oxygens (including phenoxy) is 1. The first-order valence-electron chi connectivity index (χ1n) is 6.76. The number of sulfonamides is 1. The number of amides is 1. The average Bonchev–Trinajstić information content (AvgIpc) is 3.27. The van der Waals surface area contributed by atoms with Crippen molar-refractivity contribution in [3.63, 3.8) is 0 Å². The Morgan fingerprint density at radius 2 is 2.14 bits per heavy atom. The molecule has 1 atom stereocenters. The van der Waals surface area contributed by atoms with Crippen molar-refractivity contribution in [2.75, 3.05) is 13.2 Å². The third-order valence-electron chi connectivity index (χ3n) is 3.32. The Hall–Kier alpha value is -1.35. The number of halogens is 1. The predicted octanol–water partition coefficient (Wildman–Crippen LogP) is 0.220. The summed E-state index contributed by atoms with van der Waals surface area (Å²) in [5.41, 5.74) is 10.6. The zero-order valence-corrected chi connectivity index (χ0v) is 13.4. The number of nitrogens with one attached hydrogen (secondary N) is 1. The van der Waals surface area contributed by atoms with E-state index in [2.05, 4.69) is 4.72 Å². The number of benzene rings is 1. The summed E-state index contributed by atoms with van der Waals surface area (Å²) in [6, 6.07) is 3.79. The second-order valence-electron chi connectivity index (χ2n) is 5.15. The molecule has 9 heteroatoms. The van der Waals surface area contributed by atoms with Crippen LogP contribution in [-0.2, 0) is 14.8 Å². The lowest BCUT2D eigenvalue weighted by molar-refractivity contribution is -0.120. The van der Waals surface area contributed by atoms with Gasteiger partial charge in [0.2, 0.25) is 10.0 Å². The van der Waals surface area contributed by atoms with Crippen LogP contribution in [0.4, 0.5) is 0 Å². The fraction of sp³-hybridized carbons (Fsp3) is 0.462. The zero-order chi connectivity index (χ0) is 16.3. The third-order valence-corrected chi connectivity index (χ3v) is 5.06. The zero-order valence-electron chi connectivity index (χ0n) is 11.8. The van der Waals surface area contributed by atoms with Gasteiger partial charge in [-0.05, 0) is 37.0 Å². The van der Waals surface area contributed by atoms with Crippen LogP contribution in [0.3, 0.4) is 0 Å². The summed E-state index contributed by atoms with van der Waals surface area (Å²) in [6.07, 6.45) is 1.90. The molecule has 1 unspecified atom stereocenters. The number of carbonyl (C=O) groups excluding carboxylic acids is 1. The maximum atomic E-state index is 12.5. The van der Waals surface area contributed by atoms with Crippen LogP contribution >= 0.6 is 11.6 Å². The van der Waals surface area contributed by atoms with Crippen LogP contribution in [0.25, 0.3) is 0 Å². The van der Waals surface area contributed by atoms with Crippen molar-refractivity contribution in [2.24, 2.45) is 17.4 Å². The van der Waals surface area contributed by atoms with E-state index in [1.54, 1.807) is 0 Å². The molecule has 122 valence electrons. The van der Waals surface area contributed by atoms with Crippen LogP contribution in [0, 0.1) is 5.92 Å². The molecule has 0 heterocycles. The molecule has 1 aromatic rings. The van der Waals surface area contributed by atoms with E-state index in [0.29, 0.717) is 0 Å². The van der Waals surface area contributed by atoms with Crippen molar-refractivity contribution in [2.45, 2.75) is 23.8 Å². The summed E-state index contributed by atoms with van der Waals surface area (Å²) in [6.45, 7) is -0.213. The van der Waals surface area contributed by atoms with Gasteiger partial charge in [0.15, 0.2) is 6.61 Å². The molecule has 1 saturated carbocycles. The minimum absolute atomic E-state index is 0.0160. The highest BCUT2D eigenvalue weighted by Crippen LogP contribution is 2.34. The highest BCUT2D eigenvalue weighted by Gasteiger charge is 2.34. The molecule has 0 aromatic heterocycles. The van der Waals surface area contributed by atoms with Crippen molar-refractivity contribution >= 4 is 27.5 Å². The first kappa shape index (κ1) is 17.0. The van der Waals surface area contributed by atoms with Gasteiger partial charge in [0.25, 0.3) is 5.91 Å². The Bertz CT molecular complexity index is 661.